The fourth-order valence-electron chi connectivity index (χ4n) is 6.98. The maximum absolute atomic E-state index is 2.55. The molecular weight excluding hydrogens is 400 g/mol. The van der Waals surface area contributed by atoms with Crippen LogP contribution in [0.2, 0.25) is 0 Å². The summed E-state index contributed by atoms with van der Waals surface area (Å²) in [5.41, 5.74) is 5.44. The summed E-state index contributed by atoms with van der Waals surface area (Å²) in [4.78, 5) is 5.10. The van der Waals surface area contributed by atoms with Crippen LogP contribution in [-0.4, -0.2) is 26.2 Å². The van der Waals surface area contributed by atoms with Gasteiger partial charge in [-0.15, -0.1) is 0 Å². The van der Waals surface area contributed by atoms with Crippen molar-refractivity contribution < 1.29 is 0 Å². The first-order valence-electron chi connectivity index (χ1n) is 13.4. The van der Waals surface area contributed by atoms with Crippen LogP contribution in [0.25, 0.3) is 0 Å². The van der Waals surface area contributed by atoms with Crippen LogP contribution in [0.5, 0.6) is 0 Å². The average molecular weight is 447 g/mol. The van der Waals surface area contributed by atoms with Gasteiger partial charge in [0, 0.05) is 37.6 Å². The number of hydrogen-bond acceptors (Lipinski definition) is 2. The number of aryl methyl sites for hydroxylation is 2. The Hall–Kier alpha value is -1.96. The van der Waals surface area contributed by atoms with Crippen molar-refractivity contribution >= 4 is 11.4 Å². The largest absolute Gasteiger partial charge is 0.371 e. The third kappa shape index (κ3) is 5.76. The molecule has 2 nitrogen and oxygen atoms in total. The summed E-state index contributed by atoms with van der Waals surface area (Å²) in [5.74, 6) is 3.39. The van der Waals surface area contributed by atoms with Crippen LogP contribution in [0.15, 0.2) is 48.5 Å². The fourth-order valence-corrected chi connectivity index (χ4v) is 6.98. The van der Waals surface area contributed by atoms with Crippen molar-refractivity contribution in [2.45, 2.75) is 84.7 Å². The molecule has 2 aliphatic rings. The van der Waals surface area contributed by atoms with Gasteiger partial charge in [-0.25, -0.2) is 0 Å². The zero-order valence-corrected chi connectivity index (χ0v) is 21.9. The number of hydrogen-bond donors (Lipinski definition) is 0. The van der Waals surface area contributed by atoms with E-state index in [-0.39, 0.29) is 0 Å². The number of anilines is 2. The van der Waals surface area contributed by atoms with E-state index in [4.69, 9.17) is 0 Å². The summed E-state index contributed by atoms with van der Waals surface area (Å²) >= 11 is 0. The minimum atomic E-state index is 0.682. The van der Waals surface area contributed by atoms with Gasteiger partial charge in [-0.2, -0.15) is 0 Å². The highest BCUT2D eigenvalue weighted by molar-refractivity contribution is 5.48. The average Bonchev–Trinajstić information content (AvgIpc) is 2.79. The monoisotopic (exact) mass is 446 g/mol. The molecule has 0 amide bonds. The second-order valence-electron chi connectivity index (χ2n) is 11.6. The molecule has 2 aromatic rings. The van der Waals surface area contributed by atoms with Gasteiger partial charge in [0.2, 0.25) is 0 Å². The summed E-state index contributed by atoms with van der Waals surface area (Å²) < 4.78 is 0. The van der Waals surface area contributed by atoms with Crippen molar-refractivity contribution in [3.63, 3.8) is 0 Å². The lowest BCUT2D eigenvalue weighted by Gasteiger charge is -2.44. The molecule has 0 aliphatic heterocycles. The first-order valence-corrected chi connectivity index (χ1v) is 13.4. The van der Waals surface area contributed by atoms with Crippen LogP contribution in [0.3, 0.4) is 0 Å². The number of rotatable bonds is 6. The second-order valence-corrected chi connectivity index (χ2v) is 11.6. The van der Waals surface area contributed by atoms with Gasteiger partial charge in [-0.05, 0) is 107 Å². The van der Waals surface area contributed by atoms with E-state index in [1.54, 1.807) is 0 Å². The molecule has 180 valence electrons. The SMILES string of the molecule is Cc1ccc(N(C)C2CCC(CC3CCC(N(C)c4ccc(C)cc4)C(C)C3)CC2C)cc1. The first-order chi connectivity index (χ1) is 15.8. The maximum atomic E-state index is 2.55. The topological polar surface area (TPSA) is 6.48 Å². The zero-order valence-electron chi connectivity index (χ0n) is 21.9. The van der Waals surface area contributed by atoms with E-state index >= 15 is 0 Å². The van der Waals surface area contributed by atoms with E-state index in [0.29, 0.717) is 12.1 Å². The van der Waals surface area contributed by atoms with Crippen molar-refractivity contribution in [1.82, 2.24) is 0 Å². The zero-order chi connectivity index (χ0) is 23.5. The van der Waals surface area contributed by atoms with E-state index in [1.165, 1.54) is 67.4 Å². The molecule has 0 heterocycles. The van der Waals surface area contributed by atoms with Gasteiger partial charge < -0.3 is 9.80 Å². The van der Waals surface area contributed by atoms with Gasteiger partial charge >= 0.3 is 0 Å². The van der Waals surface area contributed by atoms with Crippen LogP contribution in [-0.2, 0) is 0 Å². The third-order valence-corrected chi connectivity index (χ3v) is 9.01. The Morgan fingerprint density at radius 3 is 1.30 bits per heavy atom. The lowest BCUT2D eigenvalue weighted by molar-refractivity contribution is 0.166. The summed E-state index contributed by atoms with van der Waals surface area (Å²) in [6.45, 7) is 9.34. The van der Waals surface area contributed by atoms with Gasteiger partial charge in [-0.1, -0.05) is 49.2 Å². The van der Waals surface area contributed by atoms with Gasteiger partial charge in [0.05, 0.1) is 0 Å². The minimum Gasteiger partial charge on any atom is -0.371 e. The Labute approximate surface area is 203 Å². The lowest BCUT2D eigenvalue weighted by Crippen LogP contribution is -2.42. The van der Waals surface area contributed by atoms with Crippen LogP contribution >= 0.6 is 0 Å². The molecule has 2 heteroatoms. The Morgan fingerprint density at radius 2 is 0.970 bits per heavy atom. The van der Waals surface area contributed by atoms with E-state index in [2.05, 4.69) is 100 Å². The molecule has 0 N–H and O–H groups in total. The molecule has 2 saturated carbocycles. The van der Waals surface area contributed by atoms with Gasteiger partial charge in [-0.3, -0.25) is 0 Å². The van der Waals surface area contributed by atoms with Crippen LogP contribution in [0, 0.1) is 37.5 Å². The molecule has 0 bridgehead atoms. The lowest BCUT2D eigenvalue weighted by atomic mass is 9.70. The molecule has 6 unspecified atom stereocenters. The standard InChI is InChI=1S/C31H46N2/c1-22-7-13-28(14-8-22)32(5)30-17-11-26(19-24(30)3)21-27-12-18-31(25(4)20-27)33(6)29-15-9-23(2)10-16-29/h7-10,13-16,24-27,30-31H,11-12,17-21H2,1-6H3. The predicted octanol–water partition coefficient (Wildman–Crippen LogP) is 7.88. The van der Waals surface area contributed by atoms with Crippen molar-refractivity contribution in [3.05, 3.63) is 59.7 Å². The molecule has 2 aliphatic carbocycles. The number of nitrogens with zero attached hydrogens (tertiary/aromatic N) is 2. The molecule has 0 aromatic heterocycles. The van der Waals surface area contributed by atoms with Crippen LogP contribution in [0.4, 0.5) is 11.4 Å². The summed E-state index contributed by atoms with van der Waals surface area (Å²) in [6.07, 6.45) is 9.76. The molecular formula is C31H46N2. The highest BCUT2D eigenvalue weighted by atomic mass is 15.1. The quantitative estimate of drug-likeness (QED) is 0.445. The molecule has 4 rings (SSSR count). The third-order valence-electron chi connectivity index (χ3n) is 9.01. The van der Waals surface area contributed by atoms with E-state index in [0.717, 1.165) is 23.7 Å². The summed E-state index contributed by atoms with van der Waals surface area (Å²) in [7, 11) is 4.61. The Balaban J connectivity index is 1.27. The normalized spacial score (nSPS) is 30.1. The van der Waals surface area contributed by atoms with E-state index < -0.39 is 0 Å². The Bertz CT molecular complexity index is 797. The molecule has 0 spiro atoms. The molecule has 0 saturated heterocycles. The van der Waals surface area contributed by atoms with Gasteiger partial charge in [0.1, 0.15) is 0 Å². The molecule has 33 heavy (non-hydrogen) atoms. The minimum absolute atomic E-state index is 0.682. The number of benzene rings is 2. The second kappa shape index (κ2) is 10.5. The van der Waals surface area contributed by atoms with Crippen molar-refractivity contribution in [2.24, 2.45) is 23.7 Å². The van der Waals surface area contributed by atoms with E-state index in [1.807, 2.05) is 0 Å². The first kappa shape index (κ1) is 24.2. The summed E-state index contributed by atoms with van der Waals surface area (Å²) in [6, 6.07) is 19.5. The smallest absolute Gasteiger partial charge is 0.0366 e. The molecule has 0 radical (unpaired) electrons. The van der Waals surface area contributed by atoms with Crippen molar-refractivity contribution in [3.8, 4) is 0 Å². The fraction of sp³-hybridized carbons (Fsp3) is 0.613. The molecule has 2 fully saturated rings. The highest BCUT2D eigenvalue weighted by Gasteiger charge is 2.35. The molecule has 6 atom stereocenters. The van der Waals surface area contributed by atoms with Crippen molar-refractivity contribution in [1.29, 1.82) is 0 Å². The summed E-state index contributed by atoms with van der Waals surface area (Å²) in [5, 5.41) is 0. The van der Waals surface area contributed by atoms with Crippen LogP contribution in [0.1, 0.15) is 69.9 Å². The Kier molecular flexibility index (Phi) is 7.72. The van der Waals surface area contributed by atoms with E-state index in [9.17, 15) is 0 Å². The highest BCUT2D eigenvalue weighted by Crippen LogP contribution is 2.41. The Morgan fingerprint density at radius 1 is 0.606 bits per heavy atom. The predicted molar refractivity (Wildman–Crippen MR) is 144 cm³/mol. The van der Waals surface area contributed by atoms with Gasteiger partial charge in [0.25, 0.3) is 0 Å². The molecule has 2 aromatic carbocycles. The van der Waals surface area contributed by atoms with Crippen molar-refractivity contribution in [2.75, 3.05) is 23.9 Å². The van der Waals surface area contributed by atoms with Gasteiger partial charge in [0.15, 0.2) is 0 Å². The maximum Gasteiger partial charge on any atom is 0.0366 e. The van der Waals surface area contributed by atoms with Crippen LogP contribution < -0.4 is 9.80 Å².